The number of carbonyl (C=O) groups excluding carboxylic acids is 1. The second-order valence-electron chi connectivity index (χ2n) is 8.17. The molecule has 1 unspecified atom stereocenters. The van der Waals surface area contributed by atoms with Crippen molar-refractivity contribution in [3.8, 4) is 11.1 Å². The molecule has 27 heavy (non-hydrogen) atoms. The normalized spacial score (nSPS) is 15.5. The van der Waals surface area contributed by atoms with E-state index in [-0.39, 0.29) is 5.82 Å². The van der Waals surface area contributed by atoms with Gasteiger partial charge < -0.3 is 9.47 Å². The summed E-state index contributed by atoms with van der Waals surface area (Å²) in [5, 5.41) is 0. The van der Waals surface area contributed by atoms with Crippen molar-refractivity contribution in [3.63, 3.8) is 0 Å². The van der Waals surface area contributed by atoms with Crippen molar-refractivity contribution in [2.24, 2.45) is 0 Å². The van der Waals surface area contributed by atoms with Crippen molar-refractivity contribution < 1.29 is 18.7 Å². The van der Waals surface area contributed by atoms with Crippen LogP contribution in [-0.2, 0) is 14.3 Å². The Kier molecular flexibility index (Phi) is 5.38. The standard InChI is InChI=1S/C23H27FO3/c1-14-6-13-18(15-7-8-15)20(16-9-11-17(24)12-10-16)19(14)21(22(25)26-5)27-23(2,3)4/h6,9-13,15,21H,7-8H2,1-5H3. The van der Waals surface area contributed by atoms with Gasteiger partial charge in [-0.15, -0.1) is 0 Å². The molecule has 1 atom stereocenters. The van der Waals surface area contributed by atoms with Gasteiger partial charge in [0, 0.05) is 5.56 Å². The molecule has 0 aromatic heterocycles. The summed E-state index contributed by atoms with van der Waals surface area (Å²) in [6, 6.07) is 10.6. The first kappa shape index (κ1) is 19.6. The molecule has 4 heteroatoms. The second kappa shape index (κ2) is 7.43. The highest BCUT2D eigenvalue weighted by molar-refractivity contribution is 5.84. The molecule has 3 nitrogen and oxygen atoms in total. The van der Waals surface area contributed by atoms with Crippen LogP contribution in [0.3, 0.4) is 0 Å². The molecule has 0 saturated heterocycles. The largest absolute Gasteiger partial charge is 0.467 e. The second-order valence-corrected chi connectivity index (χ2v) is 8.17. The van der Waals surface area contributed by atoms with Crippen LogP contribution in [0.15, 0.2) is 36.4 Å². The number of aryl methyl sites for hydroxylation is 1. The zero-order valence-corrected chi connectivity index (χ0v) is 16.6. The molecular formula is C23H27FO3. The predicted octanol–water partition coefficient (Wildman–Crippen LogP) is 5.71. The van der Waals surface area contributed by atoms with Crippen LogP contribution >= 0.6 is 0 Å². The van der Waals surface area contributed by atoms with Gasteiger partial charge >= 0.3 is 5.97 Å². The molecule has 0 aliphatic heterocycles. The van der Waals surface area contributed by atoms with E-state index in [1.165, 1.54) is 24.8 Å². The molecule has 0 amide bonds. The fourth-order valence-electron chi connectivity index (χ4n) is 3.44. The van der Waals surface area contributed by atoms with Gasteiger partial charge in [-0.25, -0.2) is 9.18 Å². The van der Waals surface area contributed by atoms with Crippen LogP contribution in [0, 0.1) is 12.7 Å². The van der Waals surface area contributed by atoms with Crippen molar-refractivity contribution >= 4 is 5.97 Å². The van der Waals surface area contributed by atoms with Gasteiger partial charge in [-0.3, -0.25) is 0 Å². The van der Waals surface area contributed by atoms with Crippen LogP contribution in [0.25, 0.3) is 11.1 Å². The van der Waals surface area contributed by atoms with E-state index < -0.39 is 17.7 Å². The maximum Gasteiger partial charge on any atom is 0.339 e. The third-order valence-electron chi connectivity index (χ3n) is 4.79. The Bertz CT molecular complexity index is 830. The molecule has 1 saturated carbocycles. The van der Waals surface area contributed by atoms with Gasteiger partial charge in [0.2, 0.25) is 0 Å². The lowest BCUT2D eigenvalue weighted by atomic mass is 9.86. The third kappa shape index (κ3) is 4.38. The Morgan fingerprint density at radius 2 is 1.74 bits per heavy atom. The fraction of sp³-hybridized carbons (Fsp3) is 0.435. The number of carbonyl (C=O) groups is 1. The van der Waals surface area contributed by atoms with E-state index in [2.05, 4.69) is 6.07 Å². The van der Waals surface area contributed by atoms with Crippen LogP contribution in [0.5, 0.6) is 0 Å². The highest BCUT2D eigenvalue weighted by Gasteiger charge is 2.35. The van der Waals surface area contributed by atoms with E-state index in [0.717, 1.165) is 35.1 Å². The number of hydrogen-bond acceptors (Lipinski definition) is 3. The van der Waals surface area contributed by atoms with Crippen molar-refractivity contribution in [2.75, 3.05) is 7.11 Å². The van der Waals surface area contributed by atoms with Gasteiger partial charge in [0.25, 0.3) is 0 Å². The smallest absolute Gasteiger partial charge is 0.339 e. The zero-order valence-electron chi connectivity index (χ0n) is 16.6. The SMILES string of the molecule is COC(=O)C(OC(C)(C)C)c1c(C)ccc(C2CC2)c1-c1ccc(F)cc1. The van der Waals surface area contributed by atoms with E-state index in [4.69, 9.17) is 9.47 Å². The number of esters is 1. The Morgan fingerprint density at radius 3 is 2.26 bits per heavy atom. The maximum atomic E-state index is 13.5. The first-order valence-corrected chi connectivity index (χ1v) is 9.36. The number of ether oxygens (including phenoxy) is 2. The van der Waals surface area contributed by atoms with Crippen LogP contribution in [0.1, 0.15) is 62.3 Å². The summed E-state index contributed by atoms with van der Waals surface area (Å²) in [6.45, 7) is 7.72. The first-order chi connectivity index (χ1) is 12.7. The molecule has 0 radical (unpaired) electrons. The number of hydrogen-bond donors (Lipinski definition) is 0. The average molecular weight is 370 g/mol. The molecular weight excluding hydrogens is 343 g/mol. The highest BCUT2D eigenvalue weighted by atomic mass is 19.1. The average Bonchev–Trinajstić information content (AvgIpc) is 3.44. The van der Waals surface area contributed by atoms with Crippen molar-refractivity contribution in [1.29, 1.82) is 0 Å². The molecule has 2 aromatic carbocycles. The van der Waals surface area contributed by atoms with E-state index in [0.29, 0.717) is 5.92 Å². The van der Waals surface area contributed by atoms with Crippen LogP contribution in [0.4, 0.5) is 4.39 Å². The Labute approximate surface area is 160 Å². The van der Waals surface area contributed by atoms with E-state index in [1.807, 2.05) is 33.8 Å². The maximum absolute atomic E-state index is 13.5. The summed E-state index contributed by atoms with van der Waals surface area (Å²) in [5.74, 6) is -0.238. The molecule has 1 fully saturated rings. The van der Waals surface area contributed by atoms with E-state index >= 15 is 0 Å². The molecule has 0 spiro atoms. The van der Waals surface area contributed by atoms with Crippen LogP contribution in [0.2, 0.25) is 0 Å². The quantitative estimate of drug-likeness (QED) is 0.633. The number of halogens is 1. The van der Waals surface area contributed by atoms with Gasteiger partial charge in [-0.05, 0) is 80.8 Å². The monoisotopic (exact) mass is 370 g/mol. The minimum atomic E-state index is -0.839. The van der Waals surface area contributed by atoms with Gasteiger partial charge in [0.15, 0.2) is 6.10 Å². The predicted molar refractivity (Wildman–Crippen MR) is 104 cm³/mol. The van der Waals surface area contributed by atoms with Crippen LogP contribution < -0.4 is 0 Å². The molecule has 1 aliphatic rings. The highest BCUT2D eigenvalue weighted by Crippen LogP contribution is 2.48. The Hall–Kier alpha value is -2.20. The molecule has 0 bridgehead atoms. The topological polar surface area (TPSA) is 35.5 Å². The van der Waals surface area contributed by atoms with E-state index in [1.54, 1.807) is 12.1 Å². The van der Waals surface area contributed by atoms with Gasteiger partial charge in [-0.1, -0.05) is 24.3 Å². The summed E-state index contributed by atoms with van der Waals surface area (Å²) >= 11 is 0. The van der Waals surface area contributed by atoms with Gasteiger partial charge in [-0.2, -0.15) is 0 Å². The Balaban J connectivity index is 2.24. The molecule has 3 rings (SSSR count). The van der Waals surface area contributed by atoms with Crippen molar-refractivity contribution in [3.05, 3.63) is 58.9 Å². The summed E-state index contributed by atoms with van der Waals surface area (Å²) in [6.07, 6.45) is 1.41. The van der Waals surface area contributed by atoms with E-state index in [9.17, 15) is 9.18 Å². The van der Waals surface area contributed by atoms with Crippen LogP contribution in [-0.4, -0.2) is 18.7 Å². The van der Waals surface area contributed by atoms with Crippen molar-refractivity contribution in [2.45, 2.75) is 58.2 Å². The van der Waals surface area contributed by atoms with Gasteiger partial charge in [0.05, 0.1) is 12.7 Å². The molecule has 144 valence electrons. The van der Waals surface area contributed by atoms with Crippen molar-refractivity contribution in [1.82, 2.24) is 0 Å². The summed E-state index contributed by atoms with van der Waals surface area (Å²) in [5.41, 5.74) is 4.29. The molecule has 1 aliphatic carbocycles. The zero-order chi connectivity index (χ0) is 19.8. The Morgan fingerprint density at radius 1 is 1.11 bits per heavy atom. The first-order valence-electron chi connectivity index (χ1n) is 9.36. The summed E-state index contributed by atoms with van der Waals surface area (Å²) < 4.78 is 24.7. The summed E-state index contributed by atoms with van der Waals surface area (Å²) in [4.78, 5) is 12.7. The molecule has 2 aromatic rings. The molecule has 0 N–H and O–H groups in total. The minimum absolute atomic E-state index is 0.281. The lowest BCUT2D eigenvalue weighted by Crippen LogP contribution is -2.29. The number of methoxy groups -OCH3 is 1. The lowest BCUT2D eigenvalue weighted by molar-refractivity contribution is -0.164. The minimum Gasteiger partial charge on any atom is -0.467 e. The third-order valence-corrected chi connectivity index (χ3v) is 4.79. The number of rotatable bonds is 5. The lowest BCUT2D eigenvalue weighted by Gasteiger charge is -2.29. The van der Waals surface area contributed by atoms with Gasteiger partial charge in [0.1, 0.15) is 5.82 Å². The summed E-state index contributed by atoms with van der Waals surface area (Å²) in [7, 11) is 1.37. The fourth-order valence-corrected chi connectivity index (χ4v) is 3.44. The number of benzene rings is 2. The molecule has 0 heterocycles.